The smallest absolute Gasteiger partial charge is 0.409 e. The maximum atomic E-state index is 15.1. The topological polar surface area (TPSA) is 193 Å². The highest BCUT2D eigenvalue weighted by Crippen LogP contribution is 2.55. The van der Waals surface area contributed by atoms with Crippen LogP contribution in [0.25, 0.3) is 0 Å². The number of carbonyl (C=O) groups is 3. The Bertz CT molecular complexity index is 2500. The highest BCUT2D eigenvalue weighted by Gasteiger charge is 2.44. The lowest BCUT2D eigenvalue weighted by atomic mass is 9.98. The van der Waals surface area contributed by atoms with E-state index in [9.17, 15) is 18.9 Å². The molecule has 0 saturated carbocycles. The summed E-state index contributed by atoms with van der Waals surface area (Å²) in [4.78, 5) is 46.0. The van der Waals surface area contributed by atoms with Gasteiger partial charge in [-0.2, -0.15) is 0 Å². The largest absolute Gasteiger partial charge is 0.447 e. The SMILES string of the molecule is [B][C@H]1CN(P(=O)(OCC2CN(C(=O)CCC(=O)N3Cc4ccccc4C#Cc4ccccc43)C[C@H](Cc3ccccc3)O2)N(C)C)CC(COP(=O)(N(C)C)N2CCN(C(=O)OCCOCCOCCO)CC2)O1. The standard InChI is InChI=1S/C51H70BN7O13P2/c1-53(2)73(64,57-24-22-55(23-25-57)51(63)68-31-30-67-29-28-66-27-26-60)69-39-46-36-58(37-48(52)72-46)74(65,54(3)4)70-38-45-35-56(34-44(71-45)32-40-12-6-5-7-13-40)49(61)20-21-50(62)59-33-43-16-9-8-14-41(43)18-19-42-15-10-11-17-47(42)59/h5-17,44-46,48,60H,20-39H2,1-4H3/t44-,45?,46?,48+,73?,74?/m0/s1. The number of rotatable bonds is 23. The van der Waals surface area contributed by atoms with E-state index in [0.29, 0.717) is 38.4 Å². The van der Waals surface area contributed by atoms with Gasteiger partial charge in [-0.25, -0.2) is 23.5 Å². The average Bonchev–Trinajstić information content (AvgIpc) is 3.40. The molecule has 74 heavy (non-hydrogen) atoms. The molecule has 0 aromatic heterocycles. The van der Waals surface area contributed by atoms with Crippen molar-refractivity contribution < 1.29 is 61.4 Å². The Kier molecular flexibility index (Phi) is 21.3. The molecule has 4 aliphatic heterocycles. The molecule has 20 nitrogen and oxygen atoms in total. The lowest BCUT2D eigenvalue weighted by molar-refractivity contribution is -0.149. The van der Waals surface area contributed by atoms with Gasteiger partial charge in [-0.1, -0.05) is 72.5 Å². The fraction of sp³-hybridized carbons (Fsp3) is 0.549. The van der Waals surface area contributed by atoms with Crippen LogP contribution in [0, 0.1) is 11.8 Å². The van der Waals surface area contributed by atoms with Gasteiger partial charge in [0.15, 0.2) is 0 Å². The van der Waals surface area contributed by atoms with E-state index in [0.717, 1.165) is 22.3 Å². The maximum Gasteiger partial charge on any atom is 0.409 e. The van der Waals surface area contributed by atoms with E-state index in [4.69, 9.17) is 45.7 Å². The number of hydrogen-bond acceptors (Lipinski definition) is 13. The fourth-order valence-electron chi connectivity index (χ4n) is 9.13. The Hall–Kier alpha value is -4.49. The molecule has 3 aromatic carbocycles. The maximum absolute atomic E-state index is 15.1. The lowest BCUT2D eigenvalue weighted by Gasteiger charge is -2.44. The molecular formula is C51H70BN7O13P2. The number of hydrogen-bond donors (Lipinski definition) is 1. The molecule has 6 atom stereocenters. The molecular weight excluding hydrogens is 991 g/mol. The Morgan fingerprint density at radius 3 is 1.95 bits per heavy atom. The molecule has 2 radical (unpaired) electrons. The van der Waals surface area contributed by atoms with Gasteiger partial charge < -0.3 is 52.5 Å². The van der Waals surface area contributed by atoms with Gasteiger partial charge in [0.05, 0.1) is 76.8 Å². The molecule has 7 rings (SSSR count). The van der Waals surface area contributed by atoms with Crippen LogP contribution in [-0.2, 0) is 64.4 Å². The van der Waals surface area contributed by atoms with Crippen molar-refractivity contribution in [2.45, 2.75) is 50.1 Å². The molecule has 1 N–H and O–H groups in total. The first-order valence-electron chi connectivity index (χ1n) is 25.1. The van der Waals surface area contributed by atoms with E-state index in [-0.39, 0.29) is 110 Å². The van der Waals surface area contributed by atoms with Crippen LogP contribution < -0.4 is 4.90 Å². The van der Waals surface area contributed by atoms with Gasteiger partial charge in [0.2, 0.25) is 11.8 Å². The number of morpholine rings is 2. The number of fused-ring (bicyclic) bond motifs is 2. The van der Waals surface area contributed by atoms with Crippen LogP contribution in [-0.4, -0.2) is 217 Å². The minimum atomic E-state index is -3.83. The highest BCUT2D eigenvalue weighted by atomic mass is 31.2. The molecule has 3 amide bonds. The number of piperazine rings is 1. The van der Waals surface area contributed by atoms with Crippen molar-refractivity contribution in [2.75, 3.05) is 138 Å². The zero-order valence-electron chi connectivity index (χ0n) is 42.9. The summed E-state index contributed by atoms with van der Waals surface area (Å²) in [5.41, 5.74) is 4.22. The molecule has 400 valence electrons. The number of nitrogens with zero attached hydrogens (tertiary/aromatic N) is 7. The van der Waals surface area contributed by atoms with Crippen LogP contribution in [0.15, 0.2) is 78.9 Å². The van der Waals surface area contributed by atoms with Crippen LogP contribution in [0.4, 0.5) is 10.5 Å². The molecule has 3 aromatic rings. The third kappa shape index (κ3) is 15.3. The minimum Gasteiger partial charge on any atom is -0.447 e. The summed E-state index contributed by atoms with van der Waals surface area (Å²) in [6.07, 6.45) is -1.90. The Balaban J connectivity index is 0.951. The number of carbonyl (C=O) groups excluding carboxylic acids is 3. The van der Waals surface area contributed by atoms with Crippen molar-refractivity contribution in [2.24, 2.45) is 0 Å². The van der Waals surface area contributed by atoms with Crippen LogP contribution in [0.1, 0.15) is 35.1 Å². The number of anilines is 1. The minimum absolute atomic E-state index is 0.0254. The first-order valence-corrected chi connectivity index (χ1v) is 28.1. The van der Waals surface area contributed by atoms with E-state index in [1.54, 1.807) is 47.3 Å². The van der Waals surface area contributed by atoms with Gasteiger partial charge in [0.25, 0.3) is 0 Å². The van der Waals surface area contributed by atoms with E-state index in [2.05, 4.69) is 11.8 Å². The van der Waals surface area contributed by atoms with E-state index in [1.807, 2.05) is 78.9 Å². The van der Waals surface area contributed by atoms with Gasteiger partial charge in [-0.3, -0.25) is 18.7 Å². The van der Waals surface area contributed by atoms with Crippen molar-refractivity contribution in [1.82, 2.24) is 28.5 Å². The van der Waals surface area contributed by atoms with Crippen molar-refractivity contribution in [3.8, 4) is 11.8 Å². The van der Waals surface area contributed by atoms with Gasteiger partial charge in [0.1, 0.15) is 14.5 Å². The average molecular weight is 1060 g/mol. The third-order valence-corrected chi connectivity index (χ3v) is 18.1. The molecule has 3 fully saturated rings. The first kappa shape index (κ1) is 57.2. The number of amides is 3. The Labute approximate surface area is 436 Å². The second-order valence-electron chi connectivity index (χ2n) is 18.7. The summed E-state index contributed by atoms with van der Waals surface area (Å²) in [6.45, 7) is 2.64. The first-order chi connectivity index (χ1) is 35.7. The number of para-hydroxylation sites is 1. The Morgan fingerprint density at radius 1 is 0.662 bits per heavy atom. The number of aliphatic hydroxyl groups excluding tert-OH is 1. The monoisotopic (exact) mass is 1060 g/mol. The summed E-state index contributed by atoms with van der Waals surface area (Å²) in [5.74, 6) is 6.06. The van der Waals surface area contributed by atoms with Crippen molar-refractivity contribution in [3.05, 3.63) is 101 Å². The van der Waals surface area contributed by atoms with E-state index in [1.165, 1.54) is 14.2 Å². The summed E-state index contributed by atoms with van der Waals surface area (Å²) in [7, 11) is 5.57. The molecule has 0 spiro atoms. The zero-order valence-corrected chi connectivity index (χ0v) is 44.7. The normalized spacial score (nSPS) is 22.1. The van der Waals surface area contributed by atoms with Gasteiger partial charge in [0, 0.05) is 88.8 Å². The molecule has 0 bridgehead atoms. The number of aliphatic hydroxyl groups is 1. The molecule has 23 heteroatoms. The van der Waals surface area contributed by atoms with Crippen LogP contribution in [0.2, 0.25) is 0 Å². The van der Waals surface area contributed by atoms with Gasteiger partial charge >= 0.3 is 21.4 Å². The molecule has 4 aliphatic rings. The molecule has 4 unspecified atom stereocenters. The number of benzene rings is 3. The van der Waals surface area contributed by atoms with Crippen molar-refractivity contribution in [1.29, 1.82) is 0 Å². The van der Waals surface area contributed by atoms with Crippen LogP contribution >= 0.6 is 15.3 Å². The molecule has 3 saturated heterocycles. The second-order valence-corrected chi connectivity index (χ2v) is 23.9. The van der Waals surface area contributed by atoms with E-state index < -0.39 is 45.7 Å². The summed E-state index contributed by atoms with van der Waals surface area (Å²) < 4.78 is 77.2. The van der Waals surface area contributed by atoms with Crippen LogP contribution in [0.5, 0.6) is 0 Å². The fourth-order valence-corrected chi connectivity index (χ4v) is 13.1. The molecule has 4 heterocycles. The lowest BCUT2D eigenvalue weighted by Crippen LogP contribution is -2.53. The summed E-state index contributed by atoms with van der Waals surface area (Å²) >= 11 is 0. The van der Waals surface area contributed by atoms with Gasteiger partial charge in [-0.05, 0) is 57.5 Å². The second kappa shape index (κ2) is 27.5. The quantitative estimate of drug-likeness (QED) is 0.0622. The predicted molar refractivity (Wildman–Crippen MR) is 278 cm³/mol. The molecule has 0 aliphatic carbocycles. The highest BCUT2D eigenvalue weighted by molar-refractivity contribution is 7.54. The zero-order chi connectivity index (χ0) is 52.7. The third-order valence-electron chi connectivity index (χ3n) is 12.9. The van der Waals surface area contributed by atoms with Crippen molar-refractivity contribution >= 4 is 46.8 Å². The predicted octanol–water partition coefficient (Wildman–Crippen LogP) is 3.90. The van der Waals surface area contributed by atoms with Crippen molar-refractivity contribution in [3.63, 3.8) is 0 Å². The van der Waals surface area contributed by atoms with Gasteiger partial charge in [-0.15, -0.1) is 0 Å². The number of ether oxygens (including phenoxy) is 5. The summed E-state index contributed by atoms with van der Waals surface area (Å²) in [6, 6.07) is 24.2. The van der Waals surface area contributed by atoms with Crippen LogP contribution in [0.3, 0.4) is 0 Å². The van der Waals surface area contributed by atoms with E-state index >= 15 is 4.57 Å². The Morgan fingerprint density at radius 2 is 1.24 bits per heavy atom. The summed E-state index contributed by atoms with van der Waals surface area (Å²) in [5, 5.41) is 8.79.